The molecule has 2 aromatic heterocycles. The Kier molecular flexibility index (Phi) is 8.56. The number of carboxylic acids is 1. The molecule has 0 saturated carbocycles. The first-order valence-electron chi connectivity index (χ1n) is 12.0. The third-order valence-corrected chi connectivity index (χ3v) is 6.40. The van der Waals surface area contributed by atoms with Crippen LogP contribution in [0.5, 0.6) is 0 Å². The fraction of sp³-hybridized carbons (Fsp3) is 0.609. The molecule has 1 N–H and O–H groups in total. The molecule has 0 amide bonds. The van der Waals surface area contributed by atoms with Gasteiger partial charge in [-0.05, 0) is 12.0 Å². The fourth-order valence-corrected chi connectivity index (χ4v) is 4.12. The van der Waals surface area contributed by atoms with Gasteiger partial charge in [-0.15, -0.1) is 0 Å². The van der Waals surface area contributed by atoms with Crippen molar-refractivity contribution in [1.82, 2.24) is 29.7 Å². The first-order valence-corrected chi connectivity index (χ1v) is 12.0. The minimum Gasteiger partial charge on any atom is -0.478 e. The summed E-state index contributed by atoms with van der Waals surface area (Å²) in [6, 6.07) is 0. The summed E-state index contributed by atoms with van der Waals surface area (Å²) in [6.45, 7) is 12.8. The number of anilines is 2. The topological polar surface area (TPSA) is 111 Å². The number of aromatic nitrogens is 4. The summed E-state index contributed by atoms with van der Waals surface area (Å²) in [5.74, 6) is 0.411. The standard InChI is InChI=1S/C23H34N8O3/c1-2-19-15-24-22(25-16-19)30-7-3-28(4-8-30)11-13-34-14-12-29-5-9-31(10-6-29)23-26-17-20(18-27-23)21(32)33/h15-18H,2-14H2,1H3,(H,32,33). The number of carboxylic acid groups (broad SMARTS) is 1. The average Bonchev–Trinajstić information content (AvgIpc) is 2.89. The van der Waals surface area contributed by atoms with Crippen molar-refractivity contribution >= 4 is 17.9 Å². The van der Waals surface area contributed by atoms with Gasteiger partial charge in [0.1, 0.15) is 0 Å². The van der Waals surface area contributed by atoms with Crippen LogP contribution in [0.4, 0.5) is 11.9 Å². The smallest absolute Gasteiger partial charge is 0.338 e. The molecule has 0 atom stereocenters. The van der Waals surface area contributed by atoms with Crippen LogP contribution in [-0.4, -0.2) is 119 Å². The Morgan fingerprint density at radius 3 is 1.65 bits per heavy atom. The monoisotopic (exact) mass is 470 g/mol. The van der Waals surface area contributed by atoms with Crippen molar-refractivity contribution in [3.05, 3.63) is 35.9 Å². The van der Waals surface area contributed by atoms with E-state index in [1.165, 1.54) is 18.0 Å². The molecule has 0 spiro atoms. The first-order chi connectivity index (χ1) is 16.6. The second kappa shape index (κ2) is 12.0. The van der Waals surface area contributed by atoms with Crippen LogP contribution in [0, 0.1) is 0 Å². The molecule has 2 saturated heterocycles. The van der Waals surface area contributed by atoms with Crippen LogP contribution in [0.1, 0.15) is 22.8 Å². The molecule has 2 fully saturated rings. The van der Waals surface area contributed by atoms with Crippen LogP contribution in [0.2, 0.25) is 0 Å². The third-order valence-electron chi connectivity index (χ3n) is 6.40. The average molecular weight is 471 g/mol. The zero-order chi connectivity index (χ0) is 23.8. The Morgan fingerprint density at radius 2 is 1.24 bits per heavy atom. The second-order valence-electron chi connectivity index (χ2n) is 8.59. The number of ether oxygens (including phenoxy) is 1. The quantitative estimate of drug-likeness (QED) is 0.490. The molecule has 4 rings (SSSR count). The first kappa shape index (κ1) is 24.2. The number of carbonyl (C=O) groups is 1. The SMILES string of the molecule is CCc1cnc(N2CCN(CCOCCN3CCN(c4ncc(C(=O)O)cn4)CC3)CC2)nc1. The minimum atomic E-state index is -1.01. The number of rotatable bonds is 10. The molecule has 2 aliphatic heterocycles. The van der Waals surface area contributed by atoms with E-state index in [1.807, 2.05) is 12.4 Å². The van der Waals surface area contributed by atoms with E-state index in [0.29, 0.717) is 5.95 Å². The van der Waals surface area contributed by atoms with Gasteiger partial charge in [-0.2, -0.15) is 0 Å². The molecule has 0 aromatic carbocycles. The second-order valence-corrected chi connectivity index (χ2v) is 8.59. The van der Waals surface area contributed by atoms with E-state index >= 15 is 0 Å². The summed E-state index contributed by atoms with van der Waals surface area (Å²) in [6.07, 6.45) is 7.54. The Hall–Kier alpha value is -2.89. The summed E-state index contributed by atoms with van der Waals surface area (Å²) < 4.78 is 5.91. The van der Waals surface area contributed by atoms with Gasteiger partial charge >= 0.3 is 5.97 Å². The van der Waals surface area contributed by atoms with Crippen molar-refractivity contribution in [3.63, 3.8) is 0 Å². The van der Waals surface area contributed by atoms with Crippen molar-refractivity contribution in [3.8, 4) is 0 Å². The lowest BCUT2D eigenvalue weighted by Gasteiger charge is -2.35. The third kappa shape index (κ3) is 6.58. The maximum absolute atomic E-state index is 10.9. The van der Waals surface area contributed by atoms with E-state index in [1.54, 1.807) is 0 Å². The summed E-state index contributed by atoms with van der Waals surface area (Å²) in [5, 5.41) is 8.96. The lowest BCUT2D eigenvalue weighted by Crippen LogP contribution is -2.48. The lowest BCUT2D eigenvalue weighted by molar-refractivity contribution is 0.0696. The number of hydrogen-bond acceptors (Lipinski definition) is 10. The molecule has 0 bridgehead atoms. The molecule has 2 aromatic rings. The van der Waals surface area contributed by atoms with Gasteiger partial charge in [-0.3, -0.25) is 9.80 Å². The molecule has 34 heavy (non-hydrogen) atoms. The van der Waals surface area contributed by atoms with Crippen LogP contribution in [0.25, 0.3) is 0 Å². The van der Waals surface area contributed by atoms with E-state index in [0.717, 1.165) is 91.0 Å². The van der Waals surface area contributed by atoms with E-state index in [2.05, 4.69) is 46.5 Å². The number of hydrogen-bond donors (Lipinski definition) is 1. The van der Waals surface area contributed by atoms with Gasteiger partial charge in [0.2, 0.25) is 11.9 Å². The number of nitrogens with zero attached hydrogens (tertiary/aromatic N) is 8. The van der Waals surface area contributed by atoms with Crippen LogP contribution in [0.3, 0.4) is 0 Å². The van der Waals surface area contributed by atoms with Crippen molar-refractivity contribution in [1.29, 1.82) is 0 Å². The highest BCUT2D eigenvalue weighted by Gasteiger charge is 2.20. The zero-order valence-electron chi connectivity index (χ0n) is 19.8. The van der Waals surface area contributed by atoms with E-state index in [4.69, 9.17) is 9.84 Å². The van der Waals surface area contributed by atoms with Crippen molar-refractivity contribution < 1.29 is 14.6 Å². The molecular formula is C23H34N8O3. The minimum absolute atomic E-state index is 0.108. The number of aromatic carboxylic acids is 1. The van der Waals surface area contributed by atoms with Gasteiger partial charge in [0.25, 0.3) is 0 Å². The summed E-state index contributed by atoms with van der Waals surface area (Å²) in [7, 11) is 0. The van der Waals surface area contributed by atoms with Gasteiger partial charge in [-0.1, -0.05) is 6.92 Å². The van der Waals surface area contributed by atoms with Gasteiger partial charge in [0.05, 0.1) is 18.8 Å². The predicted molar refractivity (Wildman–Crippen MR) is 129 cm³/mol. The molecule has 0 unspecified atom stereocenters. The van der Waals surface area contributed by atoms with Gasteiger partial charge < -0.3 is 19.6 Å². The fourth-order valence-electron chi connectivity index (χ4n) is 4.12. The Balaban J connectivity index is 1.06. The van der Waals surface area contributed by atoms with Crippen molar-refractivity contribution in [2.24, 2.45) is 0 Å². The zero-order valence-corrected chi connectivity index (χ0v) is 19.8. The maximum atomic E-state index is 10.9. The van der Waals surface area contributed by atoms with Crippen LogP contribution >= 0.6 is 0 Å². The molecule has 0 radical (unpaired) electrons. The van der Waals surface area contributed by atoms with Crippen molar-refractivity contribution in [2.45, 2.75) is 13.3 Å². The summed E-state index contributed by atoms with van der Waals surface area (Å²) in [5.41, 5.74) is 1.28. The van der Waals surface area contributed by atoms with E-state index in [-0.39, 0.29) is 5.56 Å². The number of aryl methyl sites for hydroxylation is 1. The highest BCUT2D eigenvalue weighted by Crippen LogP contribution is 2.12. The van der Waals surface area contributed by atoms with Crippen LogP contribution in [-0.2, 0) is 11.2 Å². The Bertz CT molecular complexity index is 895. The highest BCUT2D eigenvalue weighted by atomic mass is 16.5. The predicted octanol–water partition coefficient (Wildman–Crippen LogP) is 0.488. The number of piperazine rings is 2. The molecule has 11 heteroatoms. The molecule has 2 aliphatic rings. The van der Waals surface area contributed by atoms with Gasteiger partial charge in [-0.25, -0.2) is 24.7 Å². The van der Waals surface area contributed by atoms with Crippen molar-refractivity contribution in [2.75, 3.05) is 88.5 Å². The maximum Gasteiger partial charge on any atom is 0.338 e. The Morgan fingerprint density at radius 1 is 0.794 bits per heavy atom. The molecule has 11 nitrogen and oxygen atoms in total. The highest BCUT2D eigenvalue weighted by molar-refractivity contribution is 5.86. The van der Waals surface area contributed by atoms with Crippen LogP contribution in [0.15, 0.2) is 24.8 Å². The van der Waals surface area contributed by atoms with E-state index < -0.39 is 5.97 Å². The van der Waals surface area contributed by atoms with E-state index in [9.17, 15) is 4.79 Å². The summed E-state index contributed by atoms with van der Waals surface area (Å²) >= 11 is 0. The molecule has 0 aliphatic carbocycles. The normalized spacial score (nSPS) is 17.8. The van der Waals surface area contributed by atoms with Gasteiger partial charge in [0, 0.05) is 90.2 Å². The molecule has 4 heterocycles. The summed E-state index contributed by atoms with van der Waals surface area (Å²) in [4.78, 5) is 37.5. The molecule has 184 valence electrons. The van der Waals surface area contributed by atoms with Gasteiger partial charge in [0.15, 0.2) is 0 Å². The lowest BCUT2D eigenvalue weighted by atomic mass is 10.3. The molecular weight excluding hydrogens is 436 g/mol. The Labute approximate surface area is 200 Å². The largest absolute Gasteiger partial charge is 0.478 e. The van der Waals surface area contributed by atoms with Crippen LogP contribution < -0.4 is 9.80 Å².